The number of imidazole rings is 1. The zero-order chi connectivity index (χ0) is 30.4. The maximum absolute atomic E-state index is 12.5. The fourth-order valence-corrected chi connectivity index (χ4v) is 6.89. The van der Waals surface area contributed by atoms with Gasteiger partial charge in [0.2, 0.25) is 0 Å². The largest absolute Gasteiger partial charge is 0.492 e. The van der Waals surface area contributed by atoms with Crippen molar-refractivity contribution in [3.8, 4) is 17.1 Å². The van der Waals surface area contributed by atoms with E-state index in [1.54, 1.807) is 17.4 Å². The van der Waals surface area contributed by atoms with Gasteiger partial charge in [0.25, 0.3) is 0 Å². The van der Waals surface area contributed by atoms with Gasteiger partial charge in [-0.25, -0.2) is 9.78 Å². The Kier molecular flexibility index (Phi) is 7.53. The van der Waals surface area contributed by atoms with E-state index in [9.17, 15) is 4.79 Å². The number of aryl methyl sites for hydroxylation is 1. The van der Waals surface area contributed by atoms with Crippen LogP contribution in [0.25, 0.3) is 31.8 Å². The van der Waals surface area contributed by atoms with Crippen LogP contribution in [0.4, 0.5) is 16.3 Å². The van der Waals surface area contributed by atoms with E-state index in [2.05, 4.69) is 37.4 Å². The molecule has 5 heterocycles. The molecule has 7 rings (SSSR count). The summed E-state index contributed by atoms with van der Waals surface area (Å²) in [7, 11) is 2.03. The van der Waals surface area contributed by atoms with Crippen LogP contribution in [0, 0.1) is 0 Å². The Balaban J connectivity index is 0.984. The van der Waals surface area contributed by atoms with Gasteiger partial charge in [-0.15, -0.1) is 11.3 Å². The monoisotopic (exact) mass is 616 g/mol. The normalized spacial score (nSPS) is 19.0. The number of urea groups is 1. The van der Waals surface area contributed by atoms with E-state index >= 15 is 0 Å². The molecule has 0 bridgehead atoms. The predicted octanol–water partition coefficient (Wildman–Crippen LogP) is 5.86. The molecule has 2 fully saturated rings. The van der Waals surface area contributed by atoms with Gasteiger partial charge in [-0.05, 0) is 42.5 Å². The smallest absolute Gasteiger partial charge is 0.324 e. The Morgan fingerprint density at radius 2 is 1.80 bits per heavy atom. The van der Waals surface area contributed by atoms with Crippen LogP contribution < -0.4 is 15.4 Å². The molecule has 0 spiro atoms. The number of nitrogens with one attached hydrogen (secondary N) is 2. The Labute approximate surface area is 259 Å². The maximum Gasteiger partial charge on any atom is 0.324 e. The highest BCUT2D eigenvalue weighted by atomic mass is 32.1. The average molecular weight is 617 g/mol. The van der Waals surface area contributed by atoms with Crippen LogP contribution in [0.1, 0.15) is 26.5 Å². The molecule has 3 aromatic heterocycles. The maximum atomic E-state index is 12.5. The molecule has 230 valence electrons. The Morgan fingerprint density at radius 3 is 2.50 bits per heavy atom. The second-order valence-corrected chi connectivity index (χ2v) is 13.3. The van der Waals surface area contributed by atoms with Crippen LogP contribution in [-0.2, 0) is 21.9 Å². The summed E-state index contributed by atoms with van der Waals surface area (Å²) >= 11 is 1.66. The molecular formula is C32H36N6O5S. The number of rotatable bonds is 7. The number of likely N-dealkylation sites (tertiary alicyclic amines) is 1. The van der Waals surface area contributed by atoms with E-state index in [-0.39, 0.29) is 17.6 Å². The molecule has 0 saturated carbocycles. The van der Waals surface area contributed by atoms with Crippen molar-refractivity contribution in [2.24, 2.45) is 7.05 Å². The first-order valence-electron chi connectivity index (χ1n) is 14.8. The number of ether oxygens (including phenoxy) is 3. The van der Waals surface area contributed by atoms with E-state index < -0.39 is 6.03 Å². The second-order valence-electron chi connectivity index (χ2n) is 12.3. The van der Waals surface area contributed by atoms with Crippen LogP contribution in [0.15, 0.2) is 53.1 Å². The Bertz CT molecular complexity index is 1790. The highest BCUT2D eigenvalue weighted by molar-refractivity contribution is 7.25. The molecule has 44 heavy (non-hydrogen) atoms. The minimum Gasteiger partial charge on any atom is -0.492 e. The van der Waals surface area contributed by atoms with Crippen molar-refractivity contribution in [1.29, 1.82) is 0 Å². The van der Waals surface area contributed by atoms with Gasteiger partial charge in [0, 0.05) is 59.5 Å². The summed E-state index contributed by atoms with van der Waals surface area (Å²) in [5.74, 6) is 2.79. The van der Waals surface area contributed by atoms with Gasteiger partial charge in [0.05, 0.1) is 30.9 Å². The van der Waals surface area contributed by atoms with Gasteiger partial charge in [0.1, 0.15) is 28.8 Å². The first-order chi connectivity index (χ1) is 21.2. The summed E-state index contributed by atoms with van der Waals surface area (Å²) in [6.45, 7) is 10.7. The predicted molar refractivity (Wildman–Crippen MR) is 171 cm³/mol. The number of benzene rings is 2. The number of aromatic nitrogens is 3. The number of nitrogens with zero attached hydrogens (tertiary/aromatic N) is 4. The van der Waals surface area contributed by atoms with Crippen LogP contribution in [0.5, 0.6) is 5.75 Å². The van der Waals surface area contributed by atoms with Crippen molar-refractivity contribution in [2.45, 2.75) is 38.4 Å². The molecule has 0 radical (unpaired) electrons. The van der Waals surface area contributed by atoms with Gasteiger partial charge in [-0.2, -0.15) is 0 Å². The van der Waals surface area contributed by atoms with Gasteiger partial charge in [0.15, 0.2) is 5.82 Å². The SMILES string of the molecule is Cn1c(-c2ccc(NC(=O)Nc3cc(C(C)(C)C)on3)cc2)nc2sc3cc(OCCN4C[C@@H]5OCCO[C@H]5C4)ccc3c21. The first-order valence-corrected chi connectivity index (χ1v) is 15.7. The standard InChI is InChI=1S/C32H36N6O5S/c1-32(2,3)26-16-27(36-43-26)34-31(39)33-20-7-5-19(6-8-20)29-35-30-28(37(29)4)22-10-9-21(15-25(22)44-30)40-12-11-38-17-23-24(18-38)42-14-13-41-23/h5-10,15-16,23-24H,11-14,17-18H2,1-4H3,(H2,33,34,36,39)/t23-,24-/m0/s1. The van der Waals surface area contributed by atoms with Crippen molar-refractivity contribution < 1.29 is 23.5 Å². The molecule has 12 heteroatoms. The molecule has 2 atom stereocenters. The fraction of sp³-hybridized carbons (Fsp3) is 0.406. The summed E-state index contributed by atoms with van der Waals surface area (Å²) in [6, 6.07) is 15.2. The lowest BCUT2D eigenvalue weighted by molar-refractivity contribution is -0.116. The van der Waals surface area contributed by atoms with Crippen molar-refractivity contribution in [3.63, 3.8) is 0 Å². The Morgan fingerprint density at radius 1 is 1.05 bits per heavy atom. The molecule has 5 aromatic rings. The summed E-state index contributed by atoms with van der Waals surface area (Å²) in [5, 5.41) is 10.6. The summed E-state index contributed by atoms with van der Waals surface area (Å²) in [5.41, 5.74) is 2.51. The zero-order valence-electron chi connectivity index (χ0n) is 25.3. The first kappa shape index (κ1) is 28.8. The van der Waals surface area contributed by atoms with Gasteiger partial charge in [-0.1, -0.05) is 25.9 Å². The molecule has 2 aromatic carbocycles. The van der Waals surface area contributed by atoms with Crippen molar-refractivity contribution in [3.05, 3.63) is 54.3 Å². The molecule has 2 amide bonds. The summed E-state index contributed by atoms with van der Waals surface area (Å²) in [6.07, 6.45) is 0.371. The molecule has 2 N–H and O–H groups in total. The quantitative estimate of drug-likeness (QED) is 0.234. The zero-order valence-corrected chi connectivity index (χ0v) is 26.1. The third-order valence-electron chi connectivity index (χ3n) is 8.08. The van der Waals surface area contributed by atoms with Crippen LogP contribution in [0.2, 0.25) is 0 Å². The highest BCUT2D eigenvalue weighted by Gasteiger charge is 2.36. The molecule has 0 unspecified atom stereocenters. The van der Waals surface area contributed by atoms with Gasteiger partial charge >= 0.3 is 6.03 Å². The van der Waals surface area contributed by atoms with E-state index in [0.29, 0.717) is 37.1 Å². The second kappa shape index (κ2) is 11.5. The van der Waals surface area contributed by atoms with E-state index in [0.717, 1.165) is 57.2 Å². The third kappa shape index (κ3) is 5.77. The lowest BCUT2D eigenvalue weighted by Gasteiger charge is -2.24. The van der Waals surface area contributed by atoms with E-state index in [1.165, 1.54) is 0 Å². The number of carbonyl (C=O) groups excluding carboxylic acids is 1. The highest BCUT2D eigenvalue weighted by Crippen LogP contribution is 2.38. The average Bonchev–Trinajstić information content (AvgIpc) is 3.77. The van der Waals surface area contributed by atoms with E-state index in [4.69, 9.17) is 23.7 Å². The number of amides is 2. The number of thiophene rings is 1. The number of hydrogen-bond acceptors (Lipinski definition) is 9. The molecule has 2 aliphatic rings. The van der Waals surface area contributed by atoms with E-state index in [1.807, 2.05) is 58.2 Å². The molecule has 2 aliphatic heterocycles. The van der Waals surface area contributed by atoms with Crippen molar-refractivity contribution in [2.75, 3.05) is 50.1 Å². The topological polar surface area (TPSA) is 116 Å². The molecule has 2 saturated heterocycles. The minimum absolute atomic E-state index is 0.186. The minimum atomic E-state index is -0.392. The number of fused-ring (bicyclic) bond motifs is 4. The van der Waals surface area contributed by atoms with Gasteiger partial charge in [-0.3, -0.25) is 10.2 Å². The van der Waals surface area contributed by atoms with Crippen molar-refractivity contribution in [1.82, 2.24) is 19.6 Å². The number of carbonyl (C=O) groups is 1. The number of anilines is 2. The third-order valence-corrected chi connectivity index (χ3v) is 9.12. The summed E-state index contributed by atoms with van der Waals surface area (Å²) < 4.78 is 26.4. The fourth-order valence-electron chi connectivity index (χ4n) is 5.76. The molecule has 11 nitrogen and oxygen atoms in total. The lowest BCUT2D eigenvalue weighted by Crippen LogP contribution is -2.36. The van der Waals surface area contributed by atoms with Crippen LogP contribution in [0.3, 0.4) is 0 Å². The lowest BCUT2D eigenvalue weighted by atomic mass is 9.93. The molecular weight excluding hydrogens is 580 g/mol. The van der Waals surface area contributed by atoms with Gasteiger partial charge < -0.3 is 28.6 Å². The van der Waals surface area contributed by atoms with Crippen molar-refractivity contribution >= 4 is 49.3 Å². The van der Waals surface area contributed by atoms with Crippen LogP contribution in [-0.4, -0.2) is 77.3 Å². The summed E-state index contributed by atoms with van der Waals surface area (Å²) in [4.78, 5) is 20.8. The molecule has 0 aliphatic carbocycles. The van der Waals surface area contributed by atoms with Crippen LogP contribution >= 0.6 is 11.3 Å². The Hall–Kier alpha value is -3.97. The number of hydrogen-bond donors (Lipinski definition) is 2.